The molecule has 0 spiro atoms. The van der Waals surface area contributed by atoms with Crippen LogP contribution >= 0.6 is 0 Å². The van der Waals surface area contributed by atoms with E-state index in [9.17, 15) is 9.59 Å². The van der Waals surface area contributed by atoms with Crippen molar-refractivity contribution in [1.29, 1.82) is 0 Å². The number of aromatic carboxylic acids is 1. The van der Waals surface area contributed by atoms with E-state index in [0.717, 1.165) is 19.4 Å². The van der Waals surface area contributed by atoms with Crippen molar-refractivity contribution in [1.82, 2.24) is 0 Å². The van der Waals surface area contributed by atoms with E-state index in [0.29, 0.717) is 17.9 Å². The van der Waals surface area contributed by atoms with Gasteiger partial charge in [0, 0.05) is 6.61 Å². The Morgan fingerprint density at radius 1 is 1.12 bits per heavy atom. The monoisotopic (exact) mass is 342 g/mol. The molecular formula is C19H18O6. The van der Waals surface area contributed by atoms with Crippen LogP contribution in [0, 0.1) is 0 Å². The number of carboxylic acids is 1. The van der Waals surface area contributed by atoms with Gasteiger partial charge >= 0.3 is 11.9 Å². The van der Waals surface area contributed by atoms with Gasteiger partial charge in [-0.05, 0) is 49.2 Å². The largest absolute Gasteiger partial charge is 0.491 e. The normalized spacial score (nSPS) is 16.4. The van der Waals surface area contributed by atoms with Crippen molar-refractivity contribution >= 4 is 11.9 Å². The van der Waals surface area contributed by atoms with E-state index in [1.54, 1.807) is 36.4 Å². The molecule has 0 aromatic heterocycles. The van der Waals surface area contributed by atoms with Crippen LogP contribution in [-0.2, 0) is 4.74 Å². The van der Waals surface area contributed by atoms with Crippen LogP contribution in [0.3, 0.4) is 0 Å². The van der Waals surface area contributed by atoms with Crippen molar-refractivity contribution in [2.24, 2.45) is 0 Å². The highest BCUT2D eigenvalue weighted by Crippen LogP contribution is 2.21. The lowest BCUT2D eigenvalue weighted by atomic mass is 10.2. The van der Waals surface area contributed by atoms with Gasteiger partial charge in [0.15, 0.2) is 0 Å². The first-order valence-electron chi connectivity index (χ1n) is 8.02. The Morgan fingerprint density at radius 3 is 2.56 bits per heavy atom. The van der Waals surface area contributed by atoms with Crippen LogP contribution in [0.2, 0.25) is 0 Å². The van der Waals surface area contributed by atoms with E-state index >= 15 is 0 Å². The minimum atomic E-state index is -1.15. The molecule has 2 aromatic rings. The quantitative estimate of drug-likeness (QED) is 0.641. The third-order valence-electron chi connectivity index (χ3n) is 3.87. The summed E-state index contributed by atoms with van der Waals surface area (Å²) in [4.78, 5) is 23.3. The van der Waals surface area contributed by atoms with Gasteiger partial charge in [-0.1, -0.05) is 12.1 Å². The maximum Gasteiger partial charge on any atom is 0.343 e. The summed E-state index contributed by atoms with van der Waals surface area (Å²) in [5.74, 6) is -1.13. The van der Waals surface area contributed by atoms with E-state index in [1.807, 2.05) is 0 Å². The number of rotatable bonds is 6. The van der Waals surface area contributed by atoms with Gasteiger partial charge in [-0.3, -0.25) is 0 Å². The fourth-order valence-corrected chi connectivity index (χ4v) is 2.54. The number of esters is 1. The molecule has 1 fully saturated rings. The Morgan fingerprint density at radius 2 is 1.88 bits per heavy atom. The first-order valence-corrected chi connectivity index (χ1v) is 8.02. The molecule has 130 valence electrons. The molecule has 25 heavy (non-hydrogen) atoms. The van der Waals surface area contributed by atoms with Gasteiger partial charge in [0.1, 0.15) is 23.7 Å². The molecule has 1 atom stereocenters. The number of carbonyl (C=O) groups is 2. The molecule has 6 heteroatoms. The molecular weight excluding hydrogens is 324 g/mol. The molecule has 0 bridgehead atoms. The zero-order valence-electron chi connectivity index (χ0n) is 13.5. The molecule has 0 radical (unpaired) electrons. The highest BCUT2D eigenvalue weighted by molar-refractivity contribution is 5.95. The van der Waals surface area contributed by atoms with E-state index in [1.165, 1.54) is 12.1 Å². The molecule has 2 aromatic carbocycles. The Hall–Kier alpha value is -2.86. The summed E-state index contributed by atoms with van der Waals surface area (Å²) in [6.07, 6.45) is 2.17. The lowest BCUT2D eigenvalue weighted by molar-refractivity contribution is 0.0674. The lowest BCUT2D eigenvalue weighted by Gasteiger charge is -2.12. The highest BCUT2D eigenvalue weighted by Gasteiger charge is 2.17. The predicted octanol–water partition coefficient (Wildman–Crippen LogP) is 3.16. The second kappa shape index (κ2) is 7.81. The number of para-hydroxylation sites is 1. The zero-order valence-corrected chi connectivity index (χ0v) is 13.5. The number of benzene rings is 2. The molecule has 0 amide bonds. The van der Waals surface area contributed by atoms with Gasteiger partial charge in [0.25, 0.3) is 0 Å². The van der Waals surface area contributed by atoms with Crippen LogP contribution in [0.5, 0.6) is 11.5 Å². The van der Waals surface area contributed by atoms with Crippen molar-refractivity contribution in [3.8, 4) is 11.5 Å². The molecule has 1 saturated heterocycles. The van der Waals surface area contributed by atoms with Crippen molar-refractivity contribution in [2.45, 2.75) is 18.9 Å². The Labute approximate surface area is 144 Å². The first-order chi connectivity index (χ1) is 12.1. The van der Waals surface area contributed by atoms with Crippen molar-refractivity contribution in [3.05, 3.63) is 59.7 Å². The van der Waals surface area contributed by atoms with Crippen LogP contribution in [0.1, 0.15) is 33.6 Å². The fraction of sp³-hybridized carbons (Fsp3) is 0.263. The average molecular weight is 342 g/mol. The Balaban J connectivity index is 1.62. The molecule has 3 rings (SSSR count). The Kier molecular flexibility index (Phi) is 5.30. The molecule has 1 N–H and O–H groups in total. The maximum atomic E-state index is 12.2. The van der Waals surface area contributed by atoms with Crippen molar-refractivity contribution in [3.63, 3.8) is 0 Å². The van der Waals surface area contributed by atoms with Crippen LogP contribution < -0.4 is 9.47 Å². The highest BCUT2D eigenvalue weighted by atomic mass is 16.5. The minimum Gasteiger partial charge on any atom is -0.491 e. The van der Waals surface area contributed by atoms with E-state index in [2.05, 4.69) is 0 Å². The number of ether oxygens (including phenoxy) is 3. The minimum absolute atomic E-state index is 0.0127. The molecule has 0 saturated carbocycles. The van der Waals surface area contributed by atoms with Crippen LogP contribution in [0.25, 0.3) is 0 Å². The first kappa shape index (κ1) is 17.0. The molecule has 0 aliphatic carbocycles. The lowest BCUT2D eigenvalue weighted by Crippen LogP contribution is -2.16. The smallest absolute Gasteiger partial charge is 0.343 e. The molecule has 1 aliphatic heterocycles. The van der Waals surface area contributed by atoms with E-state index < -0.39 is 11.9 Å². The van der Waals surface area contributed by atoms with E-state index in [4.69, 9.17) is 19.3 Å². The van der Waals surface area contributed by atoms with Gasteiger partial charge in [0.05, 0.1) is 11.7 Å². The second-order valence-corrected chi connectivity index (χ2v) is 5.66. The van der Waals surface area contributed by atoms with Gasteiger partial charge in [0.2, 0.25) is 0 Å². The summed E-state index contributed by atoms with van der Waals surface area (Å²) < 4.78 is 16.3. The molecule has 1 unspecified atom stereocenters. The summed E-state index contributed by atoms with van der Waals surface area (Å²) >= 11 is 0. The second-order valence-electron chi connectivity index (χ2n) is 5.66. The van der Waals surface area contributed by atoms with Gasteiger partial charge < -0.3 is 19.3 Å². The molecule has 1 aliphatic rings. The van der Waals surface area contributed by atoms with Crippen LogP contribution in [-0.4, -0.2) is 36.4 Å². The zero-order chi connectivity index (χ0) is 17.6. The topological polar surface area (TPSA) is 82.1 Å². The van der Waals surface area contributed by atoms with Crippen molar-refractivity contribution < 1.29 is 28.9 Å². The van der Waals surface area contributed by atoms with Gasteiger partial charge in [-0.2, -0.15) is 0 Å². The summed E-state index contributed by atoms with van der Waals surface area (Å²) in [7, 11) is 0. The summed E-state index contributed by atoms with van der Waals surface area (Å²) in [6.45, 7) is 1.26. The van der Waals surface area contributed by atoms with Gasteiger partial charge in [-0.25, -0.2) is 9.59 Å². The van der Waals surface area contributed by atoms with E-state index in [-0.39, 0.29) is 17.4 Å². The number of carbonyl (C=O) groups excluding carboxylic acids is 1. The molecule has 1 heterocycles. The summed E-state index contributed by atoms with van der Waals surface area (Å²) in [6, 6.07) is 12.5. The summed E-state index contributed by atoms with van der Waals surface area (Å²) in [5.41, 5.74) is 0.247. The van der Waals surface area contributed by atoms with Crippen LogP contribution in [0.15, 0.2) is 48.5 Å². The third kappa shape index (κ3) is 4.36. The predicted molar refractivity (Wildman–Crippen MR) is 89.3 cm³/mol. The SMILES string of the molecule is O=C(Oc1ccccc1C(=O)O)c1ccc(OCC2CCCO2)cc1. The van der Waals surface area contributed by atoms with Crippen LogP contribution in [0.4, 0.5) is 0 Å². The average Bonchev–Trinajstić information content (AvgIpc) is 3.14. The third-order valence-corrected chi connectivity index (χ3v) is 3.87. The number of hydrogen-bond donors (Lipinski definition) is 1. The maximum absolute atomic E-state index is 12.2. The standard InChI is InChI=1S/C19H18O6/c20-18(21)16-5-1-2-6-17(16)25-19(22)13-7-9-14(10-8-13)24-12-15-4-3-11-23-15/h1-2,5-10,15H,3-4,11-12H2,(H,20,21). The Bertz CT molecular complexity index is 747. The summed E-state index contributed by atoms with van der Waals surface area (Å²) in [5, 5.41) is 9.12. The van der Waals surface area contributed by atoms with Crippen molar-refractivity contribution in [2.75, 3.05) is 13.2 Å². The molecule has 6 nitrogen and oxygen atoms in total. The fourth-order valence-electron chi connectivity index (χ4n) is 2.54. The number of hydrogen-bond acceptors (Lipinski definition) is 5. The van der Waals surface area contributed by atoms with Gasteiger partial charge in [-0.15, -0.1) is 0 Å². The number of carboxylic acid groups (broad SMARTS) is 1.